The Morgan fingerprint density at radius 2 is 1.27 bits per heavy atom. The molecule has 0 saturated heterocycles. The van der Waals surface area contributed by atoms with Crippen LogP contribution >= 0.6 is 0 Å². The minimum Gasteiger partial charge on any atom is -0.497 e. The van der Waals surface area contributed by atoms with Crippen LogP contribution in [-0.2, 0) is 22.7 Å². The summed E-state index contributed by atoms with van der Waals surface area (Å²) in [6.45, 7) is 0.436. The Labute approximate surface area is 191 Å². The Kier molecular flexibility index (Phi) is 8.02. The van der Waals surface area contributed by atoms with Gasteiger partial charge in [-0.1, -0.05) is 36.4 Å². The van der Waals surface area contributed by atoms with E-state index in [4.69, 9.17) is 9.47 Å². The monoisotopic (exact) mass is 447 g/mol. The number of hydrogen-bond donors (Lipinski definition) is 3. The molecule has 8 heteroatoms. The number of nitrogens with one attached hydrogen (secondary N) is 3. The van der Waals surface area contributed by atoms with E-state index in [9.17, 15) is 14.4 Å². The molecule has 0 saturated carbocycles. The fourth-order valence-corrected chi connectivity index (χ4v) is 3.07. The number of amides is 3. The van der Waals surface area contributed by atoms with Crippen LogP contribution in [0.5, 0.6) is 11.5 Å². The lowest BCUT2D eigenvalue weighted by Crippen LogP contribution is -2.35. The molecule has 3 aromatic carbocycles. The van der Waals surface area contributed by atoms with Gasteiger partial charge in [-0.2, -0.15) is 0 Å². The minimum absolute atomic E-state index is 0.159. The van der Waals surface area contributed by atoms with E-state index < -0.39 is 11.8 Å². The smallest absolute Gasteiger partial charge is 0.313 e. The van der Waals surface area contributed by atoms with Gasteiger partial charge in [0.25, 0.3) is 5.91 Å². The molecule has 0 bridgehead atoms. The summed E-state index contributed by atoms with van der Waals surface area (Å²) in [5, 5.41) is 7.88. The molecule has 0 fully saturated rings. The van der Waals surface area contributed by atoms with Crippen molar-refractivity contribution in [1.82, 2.24) is 10.6 Å². The van der Waals surface area contributed by atoms with Gasteiger partial charge >= 0.3 is 11.8 Å². The third kappa shape index (κ3) is 6.57. The zero-order valence-corrected chi connectivity index (χ0v) is 18.4. The lowest BCUT2D eigenvalue weighted by molar-refractivity contribution is -0.136. The van der Waals surface area contributed by atoms with Gasteiger partial charge in [-0.3, -0.25) is 14.4 Å². The van der Waals surface area contributed by atoms with Gasteiger partial charge in [0.1, 0.15) is 11.5 Å². The van der Waals surface area contributed by atoms with Crippen LogP contribution in [0.4, 0.5) is 5.69 Å². The van der Waals surface area contributed by atoms with Crippen LogP contribution in [0.25, 0.3) is 0 Å². The van der Waals surface area contributed by atoms with Crippen LogP contribution < -0.4 is 25.4 Å². The average molecular weight is 447 g/mol. The molecular weight excluding hydrogens is 422 g/mol. The number of para-hydroxylation sites is 1. The Balaban J connectivity index is 1.59. The van der Waals surface area contributed by atoms with Crippen molar-refractivity contribution >= 4 is 23.4 Å². The third-order valence-corrected chi connectivity index (χ3v) is 4.80. The third-order valence-electron chi connectivity index (χ3n) is 4.80. The maximum atomic E-state index is 12.7. The molecule has 0 aliphatic rings. The molecule has 0 atom stereocenters. The fourth-order valence-electron chi connectivity index (χ4n) is 3.07. The molecule has 0 aliphatic carbocycles. The second-order valence-electron chi connectivity index (χ2n) is 7.07. The highest BCUT2D eigenvalue weighted by atomic mass is 16.5. The van der Waals surface area contributed by atoms with Crippen LogP contribution in [0.3, 0.4) is 0 Å². The summed E-state index contributed by atoms with van der Waals surface area (Å²) < 4.78 is 10.3. The molecule has 0 unspecified atom stereocenters. The lowest BCUT2D eigenvalue weighted by atomic mass is 10.1. The molecule has 3 amide bonds. The van der Waals surface area contributed by atoms with Crippen molar-refractivity contribution in [2.24, 2.45) is 0 Å². The van der Waals surface area contributed by atoms with Crippen molar-refractivity contribution < 1.29 is 23.9 Å². The summed E-state index contributed by atoms with van der Waals surface area (Å²) in [7, 11) is 3.12. The molecule has 3 N–H and O–H groups in total. The van der Waals surface area contributed by atoms with Gasteiger partial charge < -0.3 is 25.4 Å². The number of rotatable bonds is 8. The molecule has 3 aromatic rings. The lowest BCUT2D eigenvalue weighted by Gasteiger charge is -2.12. The van der Waals surface area contributed by atoms with E-state index in [-0.39, 0.29) is 30.2 Å². The van der Waals surface area contributed by atoms with Gasteiger partial charge in [0, 0.05) is 13.1 Å². The Morgan fingerprint density at radius 1 is 0.697 bits per heavy atom. The summed E-state index contributed by atoms with van der Waals surface area (Å²) >= 11 is 0. The Bertz CT molecular complexity index is 1150. The van der Waals surface area contributed by atoms with Crippen molar-refractivity contribution in [3.63, 3.8) is 0 Å². The highest BCUT2D eigenvalue weighted by Crippen LogP contribution is 2.17. The normalized spacial score (nSPS) is 10.1. The summed E-state index contributed by atoms with van der Waals surface area (Å²) in [6.07, 6.45) is 0. The number of carbonyl (C=O) groups excluding carboxylic acids is 3. The van der Waals surface area contributed by atoms with Crippen LogP contribution in [-0.4, -0.2) is 31.9 Å². The number of ether oxygens (including phenoxy) is 2. The molecule has 0 heterocycles. The molecule has 0 spiro atoms. The predicted molar refractivity (Wildman–Crippen MR) is 124 cm³/mol. The second-order valence-corrected chi connectivity index (χ2v) is 7.07. The van der Waals surface area contributed by atoms with Gasteiger partial charge in [0.05, 0.1) is 25.5 Å². The maximum absolute atomic E-state index is 12.7. The Morgan fingerprint density at radius 3 is 1.88 bits per heavy atom. The number of anilines is 1. The van der Waals surface area contributed by atoms with Gasteiger partial charge in [-0.05, 0) is 47.5 Å². The molecular formula is C25H25N3O5. The van der Waals surface area contributed by atoms with E-state index in [1.54, 1.807) is 56.7 Å². The van der Waals surface area contributed by atoms with E-state index in [0.717, 1.165) is 11.1 Å². The molecule has 33 heavy (non-hydrogen) atoms. The second kappa shape index (κ2) is 11.3. The summed E-state index contributed by atoms with van der Waals surface area (Å²) in [6, 6.07) is 21.0. The zero-order chi connectivity index (χ0) is 23.6. The molecule has 170 valence electrons. The van der Waals surface area contributed by atoms with Crippen LogP contribution in [0, 0.1) is 0 Å². The molecule has 3 rings (SSSR count). The van der Waals surface area contributed by atoms with E-state index >= 15 is 0 Å². The molecule has 8 nitrogen and oxygen atoms in total. The summed E-state index contributed by atoms with van der Waals surface area (Å²) in [5.41, 5.74) is 2.13. The Hall–Kier alpha value is -4.33. The summed E-state index contributed by atoms with van der Waals surface area (Å²) in [5.74, 6) is -0.727. The van der Waals surface area contributed by atoms with Gasteiger partial charge in [-0.15, -0.1) is 0 Å². The van der Waals surface area contributed by atoms with Crippen molar-refractivity contribution in [2.45, 2.75) is 13.1 Å². The summed E-state index contributed by atoms with van der Waals surface area (Å²) in [4.78, 5) is 37.4. The SMILES string of the molecule is COc1cccc(CNC(=O)C(=O)Nc2ccccc2C(=O)NCc2cccc(OC)c2)c1. The molecule has 0 aromatic heterocycles. The van der Waals surface area contributed by atoms with Crippen LogP contribution in [0.2, 0.25) is 0 Å². The van der Waals surface area contributed by atoms with Crippen molar-refractivity contribution in [3.05, 3.63) is 89.5 Å². The standard InChI is InChI=1S/C25H25N3O5/c1-32-19-9-5-7-17(13-19)15-26-23(29)21-11-3-4-12-22(21)28-25(31)24(30)27-16-18-8-6-10-20(14-18)33-2/h3-14H,15-16H2,1-2H3,(H,26,29)(H,27,30)(H,28,31). The first kappa shape index (κ1) is 23.3. The van der Waals surface area contributed by atoms with Crippen molar-refractivity contribution in [3.8, 4) is 11.5 Å². The number of hydrogen-bond acceptors (Lipinski definition) is 5. The number of methoxy groups -OCH3 is 2. The number of carbonyl (C=O) groups is 3. The van der Waals surface area contributed by atoms with Crippen LogP contribution in [0.15, 0.2) is 72.8 Å². The van der Waals surface area contributed by atoms with Gasteiger partial charge in [0.2, 0.25) is 0 Å². The number of benzene rings is 3. The quantitative estimate of drug-likeness (QED) is 0.461. The largest absolute Gasteiger partial charge is 0.497 e. The molecule has 0 aliphatic heterocycles. The van der Waals surface area contributed by atoms with Gasteiger partial charge in [0.15, 0.2) is 0 Å². The minimum atomic E-state index is -0.869. The van der Waals surface area contributed by atoms with E-state index in [1.807, 2.05) is 30.3 Å². The van der Waals surface area contributed by atoms with Crippen molar-refractivity contribution in [2.75, 3.05) is 19.5 Å². The first-order valence-corrected chi connectivity index (χ1v) is 10.2. The topological polar surface area (TPSA) is 106 Å². The predicted octanol–water partition coefficient (Wildman–Crippen LogP) is 2.89. The van der Waals surface area contributed by atoms with Crippen molar-refractivity contribution in [1.29, 1.82) is 0 Å². The maximum Gasteiger partial charge on any atom is 0.313 e. The average Bonchev–Trinajstić information content (AvgIpc) is 2.86. The van der Waals surface area contributed by atoms with Crippen LogP contribution in [0.1, 0.15) is 21.5 Å². The van der Waals surface area contributed by atoms with E-state index in [0.29, 0.717) is 11.5 Å². The fraction of sp³-hybridized carbons (Fsp3) is 0.160. The zero-order valence-electron chi connectivity index (χ0n) is 18.4. The highest BCUT2D eigenvalue weighted by Gasteiger charge is 2.18. The van der Waals surface area contributed by atoms with E-state index in [2.05, 4.69) is 16.0 Å². The highest BCUT2D eigenvalue weighted by molar-refractivity contribution is 6.40. The first-order valence-electron chi connectivity index (χ1n) is 10.2. The first-order chi connectivity index (χ1) is 16.0. The van der Waals surface area contributed by atoms with E-state index in [1.165, 1.54) is 0 Å². The van der Waals surface area contributed by atoms with Gasteiger partial charge in [-0.25, -0.2) is 0 Å². The molecule has 0 radical (unpaired) electrons.